The van der Waals surface area contributed by atoms with Gasteiger partial charge in [0.2, 0.25) is 5.91 Å². The first kappa shape index (κ1) is 30.7. The third-order valence-corrected chi connectivity index (χ3v) is 6.96. The zero-order chi connectivity index (χ0) is 29.0. The minimum atomic E-state index is -4.70. The SMILES string of the molecule is CCC[C@H](O)[C@H](CNCC(C)(C)C)N1CCC(NC(=O)c2cc(C(F)(F)F)ccc2NC(=O)N2CCC2)C1=O. The summed E-state index contributed by atoms with van der Waals surface area (Å²) in [6.45, 7) is 10.5. The molecule has 218 valence electrons. The Bertz CT molecular complexity index is 1040. The molecule has 0 saturated carbocycles. The summed E-state index contributed by atoms with van der Waals surface area (Å²) < 4.78 is 40.3. The van der Waals surface area contributed by atoms with Gasteiger partial charge in [-0.15, -0.1) is 0 Å². The minimum Gasteiger partial charge on any atom is -0.391 e. The van der Waals surface area contributed by atoms with Gasteiger partial charge in [-0.1, -0.05) is 34.1 Å². The lowest BCUT2D eigenvalue weighted by atomic mass is 9.96. The van der Waals surface area contributed by atoms with Crippen molar-refractivity contribution in [3.05, 3.63) is 29.3 Å². The van der Waals surface area contributed by atoms with E-state index in [1.165, 1.54) is 4.90 Å². The number of carbonyl (C=O) groups excluding carboxylic acids is 3. The van der Waals surface area contributed by atoms with Crippen LogP contribution >= 0.6 is 0 Å². The monoisotopic (exact) mass is 555 g/mol. The molecule has 0 aliphatic carbocycles. The summed E-state index contributed by atoms with van der Waals surface area (Å²) in [5.41, 5.74) is -1.48. The number of halogens is 3. The highest BCUT2D eigenvalue weighted by atomic mass is 19.4. The standard InChI is InChI=1S/C27H40F3N5O4/c1-5-7-22(36)21(15-31-16-26(2,3)4)35-13-10-20(24(35)38)32-23(37)18-14-17(27(28,29)30)8-9-19(18)33-25(39)34-11-6-12-34/h8-9,14,20-22,31,36H,5-7,10-13,15-16H2,1-4H3,(H,32,37)(H,33,39)/t20?,21-,22-/m0/s1. The van der Waals surface area contributed by atoms with Gasteiger partial charge in [0.25, 0.3) is 5.91 Å². The highest BCUT2D eigenvalue weighted by Gasteiger charge is 2.40. The summed E-state index contributed by atoms with van der Waals surface area (Å²) in [7, 11) is 0. The molecule has 3 rings (SSSR count). The van der Waals surface area contributed by atoms with E-state index in [1.807, 2.05) is 6.92 Å². The first-order chi connectivity index (χ1) is 18.2. The van der Waals surface area contributed by atoms with Gasteiger partial charge in [0.15, 0.2) is 0 Å². The van der Waals surface area contributed by atoms with Crippen LogP contribution in [0, 0.1) is 5.41 Å². The smallest absolute Gasteiger partial charge is 0.391 e. The van der Waals surface area contributed by atoms with Gasteiger partial charge in [-0.25, -0.2) is 4.79 Å². The molecule has 1 unspecified atom stereocenters. The van der Waals surface area contributed by atoms with Gasteiger partial charge in [0.05, 0.1) is 29.0 Å². The predicted molar refractivity (Wildman–Crippen MR) is 141 cm³/mol. The number of nitrogens with zero attached hydrogens (tertiary/aromatic N) is 2. The maximum atomic E-state index is 13.4. The molecule has 12 heteroatoms. The number of nitrogens with one attached hydrogen (secondary N) is 3. The number of urea groups is 1. The fourth-order valence-corrected chi connectivity index (χ4v) is 4.67. The number of hydrogen-bond donors (Lipinski definition) is 4. The molecule has 9 nitrogen and oxygen atoms in total. The van der Waals surface area contributed by atoms with Gasteiger partial charge in [-0.3, -0.25) is 9.59 Å². The van der Waals surface area contributed by atoms with Crippen molar-refractivity contribution >= 4 is 23.5 Å². The number of amides is 4. The number of aliphatic hydroxyl groups excluding tert-OH is 1. The van der Waals surface area contributed by atoms with Crippen molar-refractivity contribution in [1.82, 2.24) is 20.4 Å². The van der Waals surface area contributed by atoms with Crippen LogP contribution in [0.2, 0.25) is 0 Å². The van der Waals surface area contributed by atoms with Gasteiger partial charge < -0.3 is 30.9 Å². The first-order valence-corrected chi connectivity index (χ1v) is 13.5. The minimum absolute atomic E-state index is 0.000483. The molecular weight excluding hydrogens is 515 g/mol. The molecule has 1 aromatic rings. The second-order valence-corrected chi connectivity index (χ2v) is 11.5. The Labute approximate surface area is 227 Å². The highest BCUT2D eigenvalue weighted by molar-refractivity contribution is 6.05. The molecule has 2 aliphatic rings. The van der Waals surface area contributed by atoms with Crippen molar-refractivity contribution < 1.29 is 32.7 Å². The molecule has 0 bridgehead atoms. The number of likely N-dealkylation sites (tertiary alicyclic amines) is 2. The van der Waals surface area contributed by atoms with Crippen LogP contribution in [0.5, 0.6) is 0 Å². The Morgan fingerprint density at radius 1 is 1.15 bits per heavy atom. The number of benzene rings is 1. The molecule has 0 radical (unpaired) electrons. The van der Waals surface area contributed by atoms with Crippen molar-refractivity contribution in [1.29, 1.82) is 0 Å². The summed E-state index contributed by atoms with van der Waals surface area (Å²) in [4.78, 5) is 41.9. The van der Waals surface area contributed by atoms with Crippen molar-refractivity contribution in [2.45, 2.75) is 77.7 Å². The summed E-state index contributed by atoms with van der Waals surface area (Å²) in [6, 6.07) is 0.550. The van der Waals surface area contributed by atoms with Crippen LogP contribution in [0.25, 0.3) is 0 Å². The second kappa shape index (κ2) is 12.5. The van der Waals surface area contributed by atoms with E-state index in [0.717, 1.165) is 25.0 Å². The van der Waals surface area contributed by atoms with Gasteiger partial charge in [-0.2, -0.15) is 13.2 Å². The van der Waals surface area contributed by atoms with Gasteiger partial charge in [-0.05, 0) is 42.9 Å². The van der Waals surface area contributed by atoms with Crippen LogP contribution in [0.3, 0.4) is 0 Å². The molecule has 0 spiro atoms. The molecular formula is C27H40F3N5O4. The van der Waals surface area contributed by atoms with Crippen molar-refractivity contribution in [3.8, 4) is 0 Å². The number of alkyl halides is 3. The molecule has 2 fully saturated rings. The van der Waals surface area contributed by atoms with Crippen LogP contribution in [-0.4, -0.2) is 83.7 Å². The number of rotatable bonds is 10. The third-order valence-electron chi connectivity index (χ3n) is 6.96. The number of carbonyl (C=O) groups is 3. The average Bonchev–Trinajstić information content (AvgIpc) is 3.14. The first-order valence-electron chi connectivity index (χ1n) is 13.5. The van der Waals surface area contributed by atoms with Gasteiger partial charge >= 0.3 is 12.2 Å². The maximum Gasteiger partial charge on any atom is 0.416 e. The summed E-state index contributed by atoms with van der Waals surface area (Å²) >= 11 is 0. The molecule has 3 atom stereocenters. The van der Waals surface area contributed by atoms with E-state index in [-0.39, 0.29) is 29.6 Å². The van der Waals surface area contributed by atoms with Crippen LogP contribution in [0.1, 0.15) is 69.3 Å². The number of aliphatic hydroxyl groups is 1. The summed E-state index contributed by atoms with van der Waals surface area (Å²) in [5.74, 6) is -1.30. The number of anilines is 1. The van der Waals surface area contributed by atoms with Gasteiger partial charge in [0, 0.05) is 32.7 Å². The maximum absolute atomic E-state index is 13.4. The Hall–Kier alpha value is -2.86. The highest BCUT2D eigenvalue weighted by Crippen LogP contribution is 2.32. The second-order valence-electron chi connectivity index (χ2n) is 11.5. The lowest BCUT2D eigenvalue weighted by Crippen LogP contribution is -2.53. The topological polar surface area (TPSA) is 114 Å². The van der Waals surface area contributed by atoms with E-state index in [1.54, 1.807) is 4.90 Å². The molecule has 2 heterocycles. The predicted octanol–water partition coefficient (Wildman–Crippen LogP) is 3.44. The Morgan fingerprint density at radius 3 is 2.41 bits per heavy atom. The zero-order valence-corrected chi connectivity index (χ0v) is 23.0. The Kier molecular flexibility index (Phi) is 9.87. The van der Waals surface area contributed by atoms with Crippen LogP contribution in [-0.2, 0) is 11.0 Å². The fourth-order valence-electron chi connectivity index (χ4n) is 4.67. The van der Waals surface area contributed by atoms with E-state index in [9.17, 15) is 32.7 Å². The molecule has 2 saturated heterocycles. The van der Waals surface area contributed by atoms with E-state index in [4.69, 9.17) is 0 Å². The van der Waals surface area contributed by atoms with E-state index in [2.05, 4.69) is 36.7 Å². The zero-order valence-electron chi connectivity index (χ0n) is 23.0. The van der Waals surface area contributed by atoms with Gasteiger partial charge in [0.1, 0.15) is 6.04 Å². The summed E-state index contributed by atoms with van der Waals surface area (Å²) in [5, 5.41) is 19.2. The summed E-state index contributed by atoms with van der Waals surface area (Å²) in [6.07, 6.45) is -3.18. The molecule has 0 aromatic heterocycles. The average molecular weight is 556 g/mol. The normalized spacial score (nSPS) is 19.5. The fraction of sp³-hybridized carbons (Fsp3) is 0.667. The third kappa shape index (κ3) is 8.07. The molecule has 39 heavy (non-hydrogen) atoms. The van der Waals surface area contributed by atoms with Crippen molar-refractivity contribution in [2.75, 3.05) is 38.0 Å². The molecule has 4 amide bonds. The van der Waals surface area contributed by atoms with Crippen LogP contribution in [0.4, 0.5) is 23.7 Å². The largest absolute Gasteiger partial charge is 0.416 e. The Balaban J connectivity index is 1.76. The van der Waals surface area contributed by atoms with Crippen molar-refractivity contribution in [2.24, 2.45) is 5.41 Å². The molecule has 4 N–H and O–H groups in total. The van der Waals surface area contributed by atoms with E-state index in [0.29, 0.717) is 38.7 Å². The Morgan fingerprint density at radius 2 is 1.85 bits per heavy atom. The quantitative estimate of drug-likeness (QED) is 0.353. The van der Waals surface area contributed by atoms with Crippen LogP contribution < -0.4 is 16.0 Å². The molecule has 2 aliphatic heterocycles. The molecule has 1 aromatic carbocycles. The lowest BCUT2D eigenvalue weighted by Gasteiger charge is -2.33. The lowest BCUT2D eigenvalue weighted by molar-refractivity contribution is -0.137. The van der Waals surface area contributed by atoms with E-state index < -0.39 is 47.8 Å². The number of hydrogen-bond acceptors (Lipinski definition) is 5. The van der Waals surface area contributed by atoms with Crippen LogP contribution in [0.15, 0.2) is 18.2 Å². The van der Waals surface area contributed by atoms with E-state index >= 15 is 0 Å². The van der Waals surface area contributed by atoms with Crippen molar-refractivity contribution in [3.63, 3.8) is 0 Å².